The largest absolute Gasteiger partial charge is 0.367 e. The predicted octanol–water partition coefficient (Wildman–Crippen LogP) is 2.29. The van der Waals surface area contributed by atoms with Gasteiger partial charge in [-0.1, -0.05) is 50.2 Å². The topological polar surface area (TPSA) is 87.5 Å². The van der Waals surface area contributed by atoms with Gasteiger partial charge in [0.25, 0.3) is 0 Å². The second-order valence-electron chi connectivity index (χ2n) is 7.49. The number of rotatable bonds is 7. The highest BCUT2D eigenvalue weighted by Crippen LogP contribution is 2.30. The number of nitrogens with two attached hydrogens (primary N) is 1. The molecule has 28 heavy (non-hydrogen) atoms. The molecule has 0 unspecified atom stereocenters. The summed E-state index contributed by atoms with van der Waals surface area (Å²) in [5.74, 6) is -0.558. The lowest BCUT2D eigenvalue weighted by Crippen LogP contribution is -2.46. The van der Waals surface area contributed by atoms with E-state index in [0.29, 0.717) is 0 Å². The van der Waals surface area contributed by atoms with E-state index in [9.17, 15) is 9.59 Å². The van der Waals surface area contributed by atoms with E-state index >= 15 is 0 Å². The lowest BCUT2D eigenvalue weighted by molar-refractivity contribution is -0.125. The van der Waals surface area contributed by atoms with Gasteiger partial charge in [-0.15, -0.1) is 0 Å². The Morgan fingerprint density at radius 1 is 1.11 bits per heavy atom. The van der Waals surface area contributed by atoms with Crippen LogP contribution in [0.1, 0.15) is 25.0 Å². The third kappa shape index (κ3) is 4.70. The maximum Gasteiger partial charge on any atom is 0.243 e. The van der Waals surface area contributed by atoms with Crippen molar-refractivity contribution in [2.45, 2.75) is 32.9 Å². The normalized spacial score (nSPS) is 13.9. The number of fused-ring (bicyclic) bond motifs is 1. The molecule has 0 spiro atoms. The molecule has 0 fully saturated rings. The number of amides is 2. The van der Waals surface area contributed by atoms with Gasteiger partial charge in [0.2, 0.25) is 11.8 Å². The number of para-hydroxylation sites is 2. The van der Waals surface area contributed by atoms with E-state index in [2.05, 4.69) is 39.8 Å². The highest BCUT2D eigenvalue weighted by molar-refractivity contribution is 5.95. The van der Waals surface area contributed by atoms with Crippen LogP contribution in [0.4, 0.5) is 11.4 Å². The first-order chi connectivity index (χ1) is 13.5. The standard InChI is InChI=1S/C22H28N4O2/c1-15(2)21(23)22(28)24-13-20(27)25-18-9-5-3-8-17(18)14-26-12-11-16-7-4-6-10-19(16)26/h3-10,15,21H,11-14,23H2,1-2H3,(H,24,28)(H,25,27)/t21-/m0/s1. The molecule has 1 aliphatic heterocycles. The molecular formula is C22H28N4O2. The van der Waals surface area contributed by atoms with Crippen molar-refractivity contribution in [3.63, 3.8) is 0 Å². The Labute approximate surface area is 166 Å². The lowest BCUT2D eigenvalue weighted by Gasteiger charge is -2.21. The summed E-state index contributed by atoms with van der Waals surface area (Å²) in [6.07, 6.45) is 1.03. The molecule has 6 nitrogen and oxygen atoms in total. The predicted molar refractivity (Wildman–Crippen MR) is 112 cm³/mol. The van der Waals surface area contributed by atoms with Crippen LogP contribution < -0.4 is 21.3 Å². The minimum atomic E-state index is -0.615. The Hall–Kier alpha value is -2.86. The summed E-state index contributed by atoms with van der Waals surface area (Å²) in [6, 6.07) is 15.6. The minimum Gasteiger partial charge on any atom is -0.367 e. The van der Waals surface area contributed by atoms with Gasteiger partial charge in [-0.3, -0.25) is 9.59 Å². The summed E-state index contributed by atoms with van der Waals surface area (Å²) in [5.41, 5.74) is 10.2. The molecule has 6 heteroatoms. The molecule has 148 valence electrons. The molecule has 2 amide bonds. The molecule has 2 aromatic rings. The summed E-state index contributed by atoms with van der Waals surface area (Å²) in [4.78, 5) is 26.6. The van der Waals surface area contributed by atoms with Crippen molar-refractivity contribution in [1.82, 2.24) is 5.32 Å². The fraction of sp³-hybridized carbons (Fsp3) is 0.364. The van der Waals surface area contributed by atoms with E-state index in [4.69, 9.17) is 5.73 Å². The lowest BCUT2D eigenvalue weighted by atomic mass is 10.1. The molecule has 0 saturated carbocycles. The first-order valence-electron chi connectivity index (χ1n) is 9.69. The van der Waals surface area contributed by atoms with Crippen molar-refractivity contribution in [2.24, 2.45) is 11.7 Å². The highest BCUT2D eigenvalue weighted by atomic mass is 16.2. The first kappa shape index (κ1) is 19.9. The summed E-state index contributed by atoms with van der Waals surface area (Å²) in [5, 5.41) is 5.51. The molecular weight excluding hydrogens is 352 g/mol. The number of hydrogen-bond donors (Lipinski definition) is 3. The van der Waals surface area contributed by atoms with Crippen molar-refractivity contribution in [1.29, 1.82) is 0 Å². The summed E-state index contributed by atoms with van der Waals surface area (Å²) in [6.45, 7) is 5.33. The number of hydrogen-bond acceptors (Lipinski definition) is 4. The molecule has 1 aliphatic rings. The first-order valence-corrected chi connectivity index (χ1v) is 9.69. The van der Waals surface area contributed by atoms with Crippen LogP contribution in [0.15, 0.2) is 48.5 Å². The molecule has 0 saturated heterocycles. The highest BCUT2D eigenvalue weighted by Gasteiger charge is 2.20. The fourth-order valence-corrected chi connectivity index (χ4v) is 3.34. The van der Waals surface area contributed by atoms with Crippen LogP contribution in [0.25, 0.3) is 0 Å². The number of benzene rings is 2. The van der Waals surface area contributed by atoms with E-state index in [1.54, 1.807) is 0 Å². The summed E-state index contributed by atoms with van der Waals surface area (Å²) < 4.78 is 0. The molecule has 1 heterocycles. The van der Waals surface area contributed by atoms with Crippen LogP contribution in [0, 0.1) is 5.92 Å². The van der Waals surface area contributed by atoms with Gasteiger partial charge in [0, 0.05) is 24.5 Å². The van der Waals surface area contributed by atoms with E-state index < -0.39 is 6.04 Å². The van der Waals surface area contributed by atoms with E-state index in [1.165, 1.54) is 11.3 Å². The zero-order chi connectivity index (χ0) is 20.1. The Balaban J connectivity index is 1.61. The van der Waals surface area contributed by atoms with Crippen molar-refractivity contribution in [2.75, 3.05) is 23.3 Å². The van der Waals surface area contributed by atoms with Crippen molar-refractivity contribution < 1.29 is 9.59 Å². The van der Waals surface area contributed by atoms with Crippen LogP contribution in [-0.4, -0.2) is 30.9 Å². The third-order valence-electron chi connectivity index (χ3n) is 5.08. The van der Waals surface area contributed by atoms with Crippen LogP contribution in [0.3, 0.4) is 0 Å². The van der Waals surface area contributed by atoms with Gasteiger partial charge in [-0.2, -0.15) is 0 Å². The van der Waals surface area contributed by atoms with Crippen molar-refractivity contribution >= 4 is 23.2 Å². The van der Waals surface area contributed by atoms with Crippen LogP contribution in [0.2, 0.25) is 0 Å². The maximum atomic E-state index is 12.3. The van der Waals surface area contributed by atoms with Gasteiger partial charge in [-0.25, -0.2) is 0 Å². The van der Waals surface area contributed by atoms with Crippen LogP contribution >= 0.6 is 0 Å². The van der Waals surface area contributed by atoms with E-state index in [0.717, 1.165) is 30.8 Å². The average molecular weight is 380 g/mol. The van der Waals surface area contributed by atoms with Gasteiger partial charge in [0.05, 0.1) is 12.6 Å². The van der Waals surface area contributed by atoms with Crippen molar-refractivity contribution in [3.8, 4) is 0 Å². The maximum absolute atomic E-state index is 12.3. The van der Waals surface area contributed by atoms with E-state index in [1.807, 2.05) is 38.1 Å². The number of nitrogens with one attached hydrogen (secondary N) is 2. The monoisotopic (exact) mass is 380 g/mol. The minimum absolute atomic E-state index is 0.0205. The molecule has 2 aromatic carbocycles. The quantitative estimate of drug-likeness (QED) is 0.688. The van der Waals surface area contributed by atoms with E-state index in [-0.39, 0.29) is 24.3 Å². The molecule has 0 aliphatic carbocycles. The molecule has 4 N–H and O–H groups in total. The Kier molecular flexibility index (Phi) is 6.31. The SMILES string of the molecule is CC(C)[C@H](N)C(=O)NCC(=O)Nc1ccccc1CN1CCc2ccccc21. The molecule has 0 aromatic heterocycles. The zero-order valence-corrected chi connectivity index (χ0v) is 16.4. The van der Waals surface area contributed by atoms with Gasteiger partial charge in [0.15, 0.2) is 0 Å². The van der Waals surface area contributed by atoms with Crippen LogP contribution in [-0.2, 0) is 22.6 Å². The Bertz CT molecular complexity index is 850. The average Bonchev–Trinajstić information content (AvgIpc) is 3.10. The number of anilines is 2. The second-order valence-corrected chi connectivity index (χ2v) is 7.49. The van der Waals surface area contributed by atoms with Gasteiger partial charge in [-0.05, 0) is 35.6 Å². The number of nitrogens with zero attached hydrogens (tertiary/aromatic N) is 1. The second kappa shape index (κ2) is 8.89. The molecule has 3 rings (SSSR count). The van der Waals surface area contributed by atoms with Gasteiger partial charge in [0.1, 0.15) is 0 Å². The van der Waals surface area contributed by atoms with Crippen LogP contribution in [0.5, 0.6) is 0 Å². The zero-order valence-electron chi connectivity index (χ0n) is 16.4. The fourth-order valence-electron chi connectivity index (χ4n) is 3.34. The number of carbonyl (C=O) groups excluding carboxylic acids is 2. The van der Waals surface area contributed by atoms with Crippen molar-refractivity contribution in [3.05, 3.63) is 59.7 Å². The smallest absolute Gasteiger partial charge is 0.243 e. The Morgan fingerprint density at radius 3 is 2.61 bits per heavy atom. The molecule has 1 atom stereocenters. The Morgan fingerprint density at radius 2 is 1.82 bits per heavy atom. The third-order valence-corrected chi connectivity index (χ3v) is 5.08. The summed E-state index contributed by atoms with van der Waals surface area (Å²) in [7, 11) is 0. The summed E-state index contributed by atoms with van der Waals surface area (Å²) >= 11 is 0. The molecule has 0 bridgehead atoms. The number of carbonyl (C=O) groups is 2. The molecule has 0 radical (unpaired) electrons. The van der Waals surface area contributed by atoms with Gasteiger partial charge >= 0.3 is 0 Å². The van der Waals surface area contributed by atoms with Gasteiger partial charge < -0.3 is 21.3 Å².